The number of aromatic nitrogens is 2. The lowest BCUT2D eigenvalue weighted by molar-refractivity contribution is 0.0263. The number of benzene rings is 2. The molecule has 0 bridgehead atoms. The molecule has 0 fully saturated rings. The molecule has 0 spiro atoms. The van der Waals surface area contributed by atoms with Gasteiger partial charge in [0.05, 0.1) is 30.4 Å². The summed E-state index contributed by atoms with van der Waals surface area (Å²) >= 11 is 0. The molecule has 1 aromatic heterocycles. The molecule has 10 heteroatoms. The van der Waals surface area contributed by atoms with Gasteiger partial charge in [-0.1, -0.05) is 64.9 Å². The van der Waals surface area contributed by atoms with Crippen LogP contribution >= 0.6 is 0 Å². The minimum Gasteiger partial charge on any atom is -0.490 e. The lowest BCUT2D eigenvalue weighted by Gasteiger charge is -2.45. The highest BCUT2D eigenvalue weighted by Gasteiger charge is 2.44. The van der Waals surface area contributed by atoms with Crippen molar-refractivity contribution in [3.05, 3.63) is 53.1 Å². The normalized spacial score (nSPS) is 16.0. The van der Waals surface area contributed by atoms with Crippen LogP contribution in [-0.4, -0.2) is 53.3 Å². The van der Waals surface area contributed by atoms with Crippen LogP contribution in [0.3, 0.4) is 0 Å². The molecule has 2 aromatic carbocycles. The lowest BCUT2D eigenvalue weighted by Crippen LogP contribution is -2.52. The molecular weight excluding hydrogens is 572 g/mol. The first-order valence-corrected chi connectivity index (χ1v) is 18.2. The van der Waals surface area contributed by atoms with Gasteiger partial charge in [0.1, 0.15) is 11.8 Å². The van der Waals surface area contributed by atoms with E-state index in [0.717, 1.165) is 16.7 Å². The van der Waals surface area contributed by atoms with Gasteiger partial charge in [-0.3, -0.25) is 4.90 Å². The number of carboxylic acid groups (broad SMARTS) is 1. The second-order valence-corrected chi connectivity index (χ2v) is 19.3. The summed E-state index contributed by atoms with van der Waals surface area (Å²) in [4.78, 5) is 19.0. The summed E-state index contributed by atoms with van der Waals surface area (Å²) in [6.45, 7) is 21.5. The molecule has 1 amide bonds. The van der Waals surface area contributed by atoms with Gasteiger partial charge in [-0.2, -0.15) is 10.2 Å². The van der Waals surface area contributed by atoms with Crippen molar-refractivity contribution in [3.63, 3.8) is 0 Å². The maximum atomic E-state index is 12.8. The number of hydrogen-bond donors (Lipinski definition) is 1. The molecule has 1 aliphatic carbocycles. The average molecular weight is 619 g/mol. The molecule has 0 saturated carbocycles. The standard InChI is InChI=1S/C34H46N4O5Si/c1-21(2)41-28-17-14-22(18-23(28)19-35)31-36-30(37-42-31)26-13-11-12-25-24(26)15-16-27(25)38(32(39)40)20-29(33(3,4)5)43-44(9,10)34(6,7)8/h11-14,17-18,21,27,29H,15-16,20H2,1-10H3,(H,39,40)/t27?,29-/m0/s1. The van der Waals surface area contributed by atoms with Crippen LogP contribution in [-0.2, 0) is 10.8 Å². The Kier molecular flexibility index (Phi) is 9.34. The Morgan fingerprint density at radius 2 is 1.89 bits per heavy atom. The first-order chi connectivity index (χ1) is 20.4. The van der Waals surface area contributed by atoms with Crippen LogP contribution in [0.2, 0.25) is 18.1 Å². The first-order valence-electron chi connectivity index (χ1n) is 15.3. The van der Waals surface area contributed by atoms with E-state index in [1.165, 1.54) is 0 Å². The molecule has 1 N–H and O–H groups in total. The fraction of sp³-hybridized carbons (Fsp3) is 0.529. The third-order valence-corrected chi connectivity index (χ3v) is 13.3. The van der Waals surface area contributed by atoms with Gasteiger partial charge in [0, 0.05) is 11.1 Å². The van der Waals surface area contributed by atoms with Gasteiger partial charge in [-0.15, -0.1) is 0 Å². The highest BCUT2D eigenvalue weighted by atomic mass is 28.4. The first kappa shape index (κ1) is 33.2. The second-order valence-electron chi connectivity index (χ2n) is 14.5. The topological polar surface area (TPSA) is 122 Å². The maximum Gasteiger partial charge on any atom is 0.407 e. The average Bonchev–Trinajstić information content (AvgIpc) is 3.57. The minimum absolute atomic E-state index is 0.00291. The molecule has 0 aliphatic heterocycles. The van der Waals surface area contributed by atoms with Gasteiger partial charge < -0.3 is 18.8 Å². The van der Waals surface area contributed by atoms with Gasteiger partial charge in [0.15, 0.2) is 8.32 Å². The monoisotopic (exact) mass is 618 g/mol. The Labute approximate surface area is 262 Å². The summed E-state index contributed by atoms with van der Waals surface area (Å²) < 4.78 is 18.2. The molecule has 0 radical (unpaired) electrons. The predicted molar refractivity (Wildman–Crippen MR) is 173 cm³/mol. The summed E-state index contributed by atoms with van der Waals surface area (Å²) in [6, 6.07) is 12.9. The number of amides is 1. The molecule has 2 atom stereocenters. The van der Waals surface area contributed by atoms with Crippen LogP contribution in [0, 0.1) is 16.7 Å². The van der Waals surface area contributed by atoms with Crippen molar-refractivity contribution < 1.29 is 23.6 Å². The van der Waals surface area contributed by atoms with E-state index in [-0.39, 0.29) is 35.2 Å². The Morgan fingerprint density at radius 1 is 1.18 bits per heavy atom. The van der Waals surface area contributed by atoms with Crippen molar-refractivity contribution in [1.29, 1.82) is 5.26 Å². The van der Waals surface area contributed by atoms with E-state index in [2.05, 4.69) is 70.8 Å². The Hall–Kier alpha value is -3.68. The number of ether oxygens (including phenoxy) is 1. The molecule has 236 valence electrons. The summed E-state index contributed by atoms with van der Waals surface area (Å²) in [7, 11) is -2.16. The van der Waals surface area contributed by atoms with E-state index in [9.17, 15) is 15.2 Å². The number of carbonyl (C=O) groups is 1. The van der Waals surface area contributed by atoms with Crippen LogP contribution in [0.1, 0.15) is 84.5 Å². The van der Waals surface area contributed by atoms with Gasteiger partial charge >= 0.3 is 6.09 Å². The van der Waals surface area contributed by atoms with Gasteiger partial charge in [0.2, 0.25) is 5.82 Å². The van der Waals surface area contributed by atoms with Crippen molar-refractivity contribution in [2.45, 2.75) is 105 Å². The minimum atomic E-state index is -2.16. The second kappa shape index (κ2) is 12.4. The van der Waals surface area contributed by atoms with E-state index in [4.69, 9.17) is 13.7 Å². The van der Waals surface area contributed by atoms with Gasteiger partial charge in [-0.05, 0) is 79.6 Å². The zero-order valence-electron chi connectivity index (χ0n) is 27.7. The Morgan fingerprint density at radius 3 is 2.48 bits per heavy atom. The summed E-state index contributed by atoms with van der Waals surface area (Å²) in [5, 5.41) is 24.4. The fourth-order valence-corrected chi connectivity index (χ4v) is 6.75. The third-order valence-electron chi connectivity index (χ3n) is 8.81. The zero-order valence-corrected chi connectivity index (χ0v) is 28.7. The smallest absolute Gasteiger partial charge is 0.407 e. The maximum absolute atomic E-state index is 12.8. The number of hydrogen-bond acceptors (Lipinski definition) is 7. The fourth-order valence-electron chi connectivity index (χ4n) is 5.26. The molecule has 3 aromatic rings. The number of nitriles is 1. The Bertz CT molecular complexity index is 1540. The molecule has 44 heavy (non-hydrogen) atoms. The summed E-state index contributed by atoms with van der Waals surface area (Å²) in [6.07, 6.45) is 0.0624. The van der Waals surface area contributed by atoms with Gasteiger partial charge in [0.25, 0.3) is 5.89 Å². The van der Waals surface area contributed by atoms with E-state index in [1.54, 1.807) is 23.1 Å². The molecule has 9 nitrogen and oxygen atoms in total. The van der Waals surface area contributed by atoms with Crippen LogP contribution in [0.25, 0.3) is 22.8 Å². The molecule has 4 rings (SSSR count). The highest BCUT2D eigenvalue weighted by molar-refractivity contribution is 6.74. The van der Waals surface area contributed by atoms with Crippen molar-refractivity contribution in [2.24, 2.45) is 5.41 Å². The van der Waals surface area contributed by atoms with Crippen molar-refractivity contribution in [1.82, 2.24) is 15.0 Å². The summed E-state index contributed by atoms with van der Waals surface area (Å²) in [5.41, 5.74) is 3.55. The quantitative estimate of drug-likeness (QED) is 0.237. The van der Waals surface area contributed by atoms with Gasteiger partial charge in [-0.25, -0.2) is 4.79 Å². The Balaban J connectivity index is 1.64. The van der Waals surface area contributed by atoms with Crippen LogP contribution in [0.15, 0.2) is 40.9 Å². The third kappa shape index (κ3) is 7.00. The number of nitrogens with zero attached hydrogens (tertiary/aromatic N) is 4. The summed E-state index contributed by atoms with van der Waals surface area (Å²) in [5.74, 6) is 1.22. The predicted octanol–water partition coefficient (Wildman–Crippen LogP) is 8.47. The largest absolute Gasteiger partial charge is 0.490 e. The molecular formula is C34H46N4O5Si. The van der Waals surface area contributed by atoms with E-state index >= 15 is 0 Å². The van der Waals surface area contributed by atoms with E-state index in [1.807, 2.05) is 32.0 Å². The van der Waals surface area contributed by atoms with Crippen molar-refractivity contribution >= 4 is 14.4 Å². The lowest BCUT2D eigenvalue weighted by atomic mass is 9.88. The molecule has 1 aliphatic rings. The van der Waals surface area contributed by atoms with Crippen LogP contribution < -0.4 is 4.74 Å². The molecule has 1 heterocycles. The van der Waals surface area contributed by atoms with Crippen molar-refractivity contribution in [2.75, 3.05) is 6.54 Å². The van der Waals surface area contributed by atoms with Crippen LogP contribution in [0.5, 0.6) is 5.75 Å². The zero-order chi connectivity index (χ0) is 32.6. The number of fused-ring (bicyclic) bond motifs is 1. The highest BCUT2D eigenvalue weighted by Crippen LogP contribution is 2.43. The van der Waals surface area contributed by atoms with E-state index < -0.39 is 14.4 Å². The van der Waals surface area contributed by atoms with E-state index in [0.29, 0.717) is 41.4 Å². The SMILES string of the molecule is CC(C)Oc1ccc(-c2nc(-c3cccc4c3CCC4N(C[C@H](O[Si](C)(C)C(C)(C)C)C(C)(C)C)C(=O)O)no2)cc1C#N. The van der Waals surface area contributed by atoms with Crippen molar-refractivity contribution in [3.8, 4) is 34.7 Å². The number of rotatable bonds is 9. The molecule has 1 unspecified atom stereocenters. The molecule has 0 saturated heterocycles. The van der Waals surface area contributed by atoms with Crippen LogP contribution in [0.4, 0.5) is 4.79 Å².